The summed E-state index contributed by atoms with van der Waals surface area (Å²) in [6, 6.07) is 16.1. The van der Waals surface area contributed by atoms with Gasteiger partial charge in [-0.05, 0) is 49.2 Å². The zero-order valence-corrected chi connectivity index (χ0v) is 14.8. The number of para-hydroxylation sites is 2. The lowest BCUT2D eigenvalue weighted by Gasteiger charge is -2.13. The summed E-state index contributed by atoms with van der Waals surface area (Å²) in [4.78, 5) is 0. The molecular weight excluding hydrogens is 300 g/mol. The molecule has 0 amide bonds. The average Bonchev–Trinajstić information content (AvgIpc) is 2.59. The highest BCUT2D eigenvalue weighted by atomic mass is 16.5. The number of nitrogens with one attached hydrogen (secondary N) is 2. The minimum Gasteiger partial charge on any atom is -0.493 e. The van der Waals surface area contributed by atoms with Crippen molar-refractivity contribution in [1.29, 1.82) is 0 Å². The minimum absolute atomic E-state index is 0.536. The number of rotatable bonds is 10. The molecule has 0 saturated carbocycles. The van der Waals surface area contributed by atoms with Crippen LogP contribution in [0.3, 0.4) is 0 Å². The van der Waals surface area contributed by atoms with E-state index in [1.807, 2.05) is 55.5 Å². The fourth-order valence-electron chi connectivity index (χ4n) is 2.23. The third-order valence-electron chi connectivity index (χ3n) is 3.39. The predicted molar refractivity (Wildman–Crippen MR) is 101 cm³/mol. The van der Waals surface area contributed by atoms with Crippen LogP contribution in [0.25, 0.3) is 0 Å². The second kappa shape index (κ2) is 9.71. The van der Waals surface area contributed by atoms with Crippen LogP contribution in [-0.2, 0) is 0 Å². The van der Waals surface area contributed by atoms with Crippen LogP contribution in [0.4, 0.5) is 11.4 Å². The summed E-state index contributed by atoms with van der Waals surface area (Å²) in [7, 11) is 0. The molecule has 0 heterocycles. The zero-order chi connectivity index (χ0) is 17.2. The SMILES string of the molecule is CCOc1ccccc1NCCNc1ccc(OCC(C)C)cc1. The van der Waals surface area contributed by atoms with E-state index in [4.69, 9.17) is 9.47 Å². The van der Waals surface area contributed by atoms with Gasteiger partial charge in [-0.3, -0.25) is 0 Å². The number of benzene rings is 2. The number of ether oxygens (including phenoxy) is 2. The van der Waals surface area contributed by atoms with Crippen molar-refractivity contribution >= 4 is 11.4 Å². The zero-order valence-electron chi connectivity index (χ0n) is 14.8. The van der Waals surface area contributed by atoms with Crippen molar-refractivity contribution in [3.63, 3.8) is 0 Å². The van der Waals surface area contributed by atoms with Crippen molar-refractivity contribution in [2.45, 2.75) is 20.8 Å². The maximum Gasteiger partial charge on any atom is 0.142 e. The second-order valence-electron chi connectivity index (χ2n) is 6.01. The van der Waals surface area contributed by atoms with E-state index in [1.54, 1.807) is 0 Å². The molecular formula is C20H28N2O2. The van der Waals surface area contributed by atoms with Gasteiger partial charge in [0, 0.05) is 18.8 Å². The Bertz CT molecular complexity index is 597. The molecule has 0 radical (unpaired) electrons. The summed E-state index contributed by atoms with van der Waals surface area (Å²) in [5.74, 6) is 2.35. The van der Waals surface area contributed by atoms with Crippen LogP contribution >= 0.6 is 0 Å². The predicted octanol–water partition coefficient (Wildman–Crippen LogP) is 4.64. The van der Waals surface area contributed by atoms with E-state index >= 15 is 0 Å². The highest BCUT2D eigenvalue weighted by molar-refractivity contribution is 5.56. The fourth-order valence-corrected chi connectivity index (χ4v) is 2.23. The molecule has 0 unspecified atom stereocenters. The summed E-state index contributed by atoms with van der Waals surface area (Å²) in [6.07, 6.45) is 0. The van der Waals surface area contributed by atoms with E-state index < -0.39 is 0 Å². The van der Waals surface area contributed by atoms with E-state index in [9.17, 15) is 0 Å². The third kappa shape index (κ3) is 6.03. The Balaban J connectivity index is 1.74. The molecule has 0 spiro atoms. The van der Waals surface area contributed by atoms with Crippen LogP contribution in [0.1, 0.15) is 20.8 Å². The quantitative estimate of drug-likeness (QED) is 0.623. The molecule has 4 nitrogen and oxygen atoms in total. The van der Waals surface area contributed by atoms with Gasteiger partial charge in [0.15, 0.2) is 0 Å². The molecule has 2 rings (SSSR count). The van der Waals surface area contributed by atoms with Crippen molar-refractivity contribution < 1.29 is 9.47 Å². The van der Waals surface area contributed by atoms with Gasteiger partial charge >= 0.3 is 0 Å². The maximum absolute atomic E-state index is 5.69. The lowest BCUT2D eigenvalue weighted by molar-refractivity contribution is 0.271. The molecule has 0 aliphatic carbocycles. The van der Waals surface area contributed by atoms with Crippen molar-refractivity contribution in [1.82, 2.24) is 0 Å². The lowest BCUT2D eigenvalue weighted by atomic mass is 10.2. The van der Waals surface area contributed by atoms with Gasteiger partial charge in [0.1, 0.15) is 11.5 Å². The van der Waals surface area contributed by atoms with Gasteiger partial charge in [-0.2, -0.15) is 0 Å². The first-order valence-corrected chi connectivity index (χ1v) is 8.61. The first-order valence-electron chi connectivity index (χ1n) is 8.61. The molecule has 2 aromatic carbocycles. The fraction of sp³-hybridized carbons (Fsp3) is 0.400. The Morgan fingerprint density at radius 1 is 0.875 bits per heavy atom. The average molecular weight is 328 g/mol. The molecule has 130 valence electrons. The van der Waals surface area contributed by atoms with Gasteiger partial charge in [0.2, 0.25) is 0 Å². The molecule has 2 N–H and O–H groups in total. The summed E-state index contributed by atoms with van der Waals surface area (Å²) in [6.45, 7) is 9.34. The number of hydrogen-bond donors (Lipinski definition) is 2. The van der Waals surface area contributed by atoms with Crippen molar-refractivity contribution in [2.75, 3.05) is 36.9 Å². The summed E-state index contributed by atoms with van der Waals surface area (Å²) < 4.78 is 11.3. The van der Waals surface area contributed by atoms with Crippen LogP contribution < -0.4 is 20.1 Å². The summed E-state index contributed by atoms with van der Waals surface area (Å²) in [5, 5.41) is 6.80. The van der Waals surface area contributed by atoms with Crippen LogP contribution in [-0.4, -0.2) is 26.3 Å². The second-order valence-corrected chi connectivity index (χ2v) is 6.01. The van der Waals surface area contributed by atoms with Crippen molar-refractivity contribution in [3.05, 3.63) is 48.5 Å². The number of hydrogen-bond acceptors (Lipinski definition) is 4. The monoisotopic (exact) mass is 328 g/mol. The maximum atomic E-state index is 5.69. The van der Waals surface area contributed by atoms with Crippen LogP contribution in [0, 0.1) is 5.92 Å². The first kappa shape index (κ1) is 18.0. The summed E-state index contributed by atoms with van der Waals surface area (Å²) in [5.41, 5.74) is 2.12. The number of anilines is 2. The van der Waals surface area contributed by atoms with E-state index in [1.165, 1.54) is 0 Å². The van der Waals surface area contributed by atoms with Crippen molar-refractivity contribution in [3.8, 4) is 11.5 Å². The minimum atomic E-state index is 0.536. The Hall–Kier alpha value is -2.36. The standard InChI is InChI=1S/C20H28N2O2/c1-4-23-20-8-6-5-7-19(20)22-14-13-21-17-9-11-18(12-10-17)24-15-16(2)3/h5-12,16,21-22H,4,13-15H2,1-3H3. The van der Waals surface area contributed by atoms with E-state index in [-0.39, 0.29) is 0 Å². The molecule has 0 atom stereocenters. The Labute approximate surface area is 145 Å². The van der Waals surface area contributed by atoms with E-state index in [0.717, 1.165) is 42.6 Å². The summed E-state index contributed by atoms with van der Waals surface area (Å²) >= 11 is 0. The van der Waals surface area contributed by atoms with Gasteiger partial charge in [0.25, 0.3) is 0 Å². The Morgan fingerprint density at radius 3 is 2.29 bits per heavy atom. The van der Waals surface area contributed by atoms with Gasteiger partial charge in [-0.25, -0.2) is 0 Å². The van der Waals surface area contributed by atoms with Gasteiger partial charge < -0.3 is 20.1 Å². The molecule has 0 bridgehead atoms. The van der Waals surface area contributed by atoms with E-state index in [0.29, 0.717) is 12.5 Å². The molecule has 0 aliphatic rings. The smallest absolute Gasteiger partial charge is 0.142 e. The van der Waals surface area contributed by atoms with Gasteiger partial charge in [0.05, 0.1) is 18.9 Å². The normalized spacial score (nSPS) is 10.5. The third-order valence-corrected chi connectivity index (χ3v) is 3.39. The highest BCUT2D eigenvalue weighted by Crippen LogP contribution is 2.23. The molecule has 0 aliphatic heterocycles. The van der Waals surface area contributed by atoms with Crippen LogP contribution in [0.5, 0.6) is 11.5 Å². The van der Waals surface area contributed by atoms with Crippen LogP contribution in [0.15, 0.2) is 48.5 Å². The van der Waals surface area contributed by atoms with Crippen molar-refractivity contribution in [2.24, 2.45) is 5.92 Å². The van der Waals surface area contributed by atoms with Gasteiger partial charge in [-0.15, -0.1) is 0 Å². The van der Waals surface area contributed by atoms with E-state index in [2.05, 4.69) is 24.5 Å². The van der Waals surface area contributed by atoms with Gasteiger partial charge in [-0.1, -0.05) is 26.0 Å². The molecule has 0 aromatic heterocycles. The first-order chi connectivity index (χ1) is 11.7. The largest absolute Gasteiger partial charge is 0.493 e. The molecule has 0 saturated heterocycles. The highest BCUT2D eigenvalue weighted by Gasteiger charge is 2.01. The van der Waals surface area contributed by atoms with Crippen LogP contribution in [0.2, 0.25) is 0 Å². The Morgan fingerprint density at radius 2 is 1.58 bits per heavy atom. The Kier molecular flexibility index (Phi) is 7.27. The molecule has 4 heteroatoms. The molecule has 24 heavy (non-hydrogen) atoms. The molecule has 0 fully saturated rings. The topological polar surface area (TPSA) is 42.5 Å². The lowest BCUT2D eigenvalue weighted by Crippen LogP contribution is -2.14. The molecule has 2 aromatic rings.